The van der Waals surface area contributed by atoms with E-state index in [9.17, 15) is 14.4 Å². The fourth-order valence-corrected chi connectivity index (χ4v) is 2.31. The molecule has 1 rings (SSSR count). The average molecular weight is 334 g/mol. The van der Waals surface area contributed by atoms with E-state index >= 15 is 0 Å². The summed E-state index contributed by atoms with van der Waals surface area (Å²) in [6.45, 7) is 7.96. The van der Waals surface area contributed by atoms with Crippen molar-refractivity contribution >= 4 is 17.8 Å². The summed E-state index contributed by atoms with van der Waals surface area (Å²) in [5, 5.41) is 2.67. The van der Waals surface area contributed by atoms with Crippen LogP contribution in [0.1, 0.15) is 35.3 Å². The molecule has 0 saturated carbocycles. The second-order valence-corrected chi connectivity index (χ2v) is 5.96. The lowest BCUT2D eigenvalue weighted by atomic mass is 10.0. The normalized spacial score (nSPS) is 11.5. The number of methoxy groups -OCH3 is 1. The van der Waals surface area contributed by atoms with Crippen molar-refractivity contribution in [2.75, 3.05) is 26.7 Å². The first kappa shape index (κ1) is 19.7. The molecule has 0 aliphatic carbocycles. The maximum absolute atomic E-state index is 12.8. The standard InChI is InChI=1S/C18H26N2O4/c1-12-6-7-16(10-13(12)2)17(22)20(9-8-19-15(4)21)11-14(3)18(23)24-5/h6-7,10,14H,8-9,11H2,1-5H3,(H,19,21). The summed E-state index contributed by atoms with van der Waals surface area (Å²) in [7, 11) is 1.33. The number of aryl methyl sites for hydroxylation is 2. The van der Waals surface area contributed by atoms with Crippen LogP contribution in [0, 0.1) is 19.8 Å². The van der Waals surface area contributed by atoms with Crippen LogP contribution < -0.4 is 5.32 Å². The molecule has 0 aromatic heterocycles. The Morgan fingerprint density at radius 2 is 1.88 bits per heavy atom. The van der Waals surface area contributed by atoms with Gasteiger partial charge in [0.15, 0.2) is 0 Å². The van der Waals surface area contributed by atoms with Crippen LogP contribution >= 0.6 is 0 Å². The molecule has 1 aromatic carbocycles. The number of hydrogen-bond acceptors (Lipinski definition) is 4. The number of ether oxygens (including phenoxy) is 1. The van der Waals surface area contributed by atoms with Gasteiger partial charge in [-0.15, -0.1) is 0 Å². The molecule has 0 heterocycles. The zero-order chi connectivity index (χ0) is 18.3. The maximum Gasteiger partial charge on any atom is 0.310 e. The molecular formula is C18H26N2O4. The molecular weight excluding hydrogens is 308 g/mol. The van der Waals surface area contributed by atoms with E-state index in [1.165, 1.54) is 14.0 Å². The molecule has 0 saturated heterocycles. The Hall–Kier alpha value is -2.37. The van der Waals surface area contributed by atoms with E-state index in [1.54, 1.807) is 17.9 Å². The molecule has 0 aliphatic rings. The Bertz CT molecular complexity index is 613. The number of hydrogen-bond donors (Lipinski definition) is 1. The summed E-state index contributed by atoms with van der Waals surface area (Å²) >= 11 is 0. The third-order valence-corrected chi connectivity index (χ3v) is 3.89. The zero-order valence-electron chi connectivity index (χ0n) is 15.0. The fraction of sp³-hybridized carbons (Fsp3) is 0.500. The highest BCUT2D eigenvalue weighted by Gasteiger charge is 2.22. The molecule has 2 amide bonds. The van der Waals surface area contributed by atoms with Crippen LogP contribution in [0.3, 0.4) is 0 Å². The van der Waals surface area contributed by atoms with Crippen LogP contribution in [0.4, 0.5) is 0 Å². The number of nitrogens with one attached hydrogen (secondary N) is 1. The average Bonchev–Trinajstić information content (AvgIpc) is 2.54. The van der Waals surface area contributed by atoms with Gasteiger partial charge in [-0.1, -0.05) is 13.0 Å². The minimum Gasteiger partial charge on any atom is -0.469 e. The SMILES string of the molecule is COC(=O)C(C)CN(CCNC(C)=O)C(=O)c1ccc(C)c(C)c1. The van der Waals surface area contributed by atoms with E-state index in [0.29, 0.717) is 18.7 Å². The molecule has 0 spiro atoms. The van der Waals surface area contributed by atoms with Gasteiger partial charge in [-0.05, 0) is 37.1 Å². The van der Waals surface area contributed by atoms with Crippen molar-refractivity contribution < 1.29 is 19.1 Å². The van der Waals surface area contributed by atoms with Gasteiger partial charge in [-0.2, -0.15) is 0 Å². The summed E-state index contributed by atoms with van der Waals surface area (Å²) in [6.07, 6.45) is 0. The second kappa shape index (κ2) is 9.05. The minimum absolute atomic E-state index is 0.158. The van der Waals surface area contributed by atoms with Gasteiger partial charge in [0.1, 0.15) is 0 Å². The van der Waals surface area contributed by atoms with Gasteiger partial charge in [-0.25, -0.2) is 0 Å². The number of esters is 1. The van der Waals surface area contributed by atoms with Crippen molar-refractivity contribution in [3.05, 3.63) is 34.9 Å². The van der Waals surface area contributed by atoms with Crippen molar-refractivity contribution in [2.24, 2.45) is 5.92 Å². The number of carbonyl (C=O) groups excluding carboxylic acids is 3. The highest BCUT2D eigenvalue weighted by molar-refractivity contribution is 5.94. The lowest BCUT2D eigenvalue weighted by Crippen LogP contribution is -2.41. The summed E-state index contributed by atoms with van der Waals surface area (Å²) in [5.74, 6) is -1.14. The number of benzene rings is 1. The molecule has 0 fully saturated rings. The molecule has 6 heteroatoms. The van der Waals surface area contributed by atoms with E-state index in [-0.39, 0.29) is 24.3 Å². The van der Waals surface area contributed by atoms with Gasteiger partial charge >= 0.3 is 5.97 Å². The van der Waals surface area contributed by atoms with Crippen molar-refractivity contribution in [1.29, 1.82) is 0 Å². The first-order chi connectivity index (χ1) is 11.3. The highest BCUT2D eigenvalue weighted by Crippen LogP contribution is 2.13. The third kappa shape index (κ3) is 5.68. The molecule has 1 N–H and O–H groups in total. The molecule has 1 aromatic rings. The monoisotopic (exact) mass is 334 g/mol. The molecule has 1 unspecified atom stereocenters. The van der Waals surface area contributed by atoms with E-state index in [0.717, 1.165) is 11.1 Å². The first-order valence-electron chi connectivity index (χ1n) is 7.95. The molecule has 132 valence electrons. The molecule has 6 nitrogen and oxygen atoms in total. The van der Waals surface area contributed by atoms with E-state index in [4.69, 9.17) is 4.74 Å². The van der Waals surface area contributed by atoms with Gasteiger partial charge < -0.3 is 15.0 Å². The predicted molar refractivity (Wildman–Crippen MR) is 91.7 cm³/mol. The lowest BCUT2D eigenvalue weighted by Gasteiger charge is -2.25. The Morgan fingerprint density at radius 3 is 2.42 bits per heavy atom. The van der Waals surface area contributed by atoms with Crippen LogP contribution in [0.5, 0.6) is 0 Å². The molecule has 1 atom stereocenters. The lowest BCUT2D eigenvalue weighted by molar-refractivity contribution is -0.145. The summed E-state index contributed by atoms with van der Waals surface area (Å²) in [6, 6.07) is 5.52. The smallest absolute Gasteiger partial charge is 0.310 e. The number of amides is 2. The number of nitrogens with zero attached hydrogens (tertiary/aromatic N) is 1. The van der Waals surface area contributed by atoms with E-state index in [1.807, 2.05) is 26.0 Å². The van der Waals surface area contributed by atoms with Crippen LogP contribution in [-0.2, 0) is 14.3 Å². The highest BCUT2D eigenvalue weighted by atomic mass is 16.5. The summed E-state index contributed by atoms with van der Waals surface area (Å²) < 4.78 is 4.73. The molecule has 0 bridgehead atoms. The van der Waals surface area contributed by atoms with Crippen molar-refractivity contribution in [3.8, 4) is 0 Å². The van der Waals surface area contributed by atoms with Gasteiger partial charge in [0.25, 0.3) is 5.91 Å². The molecule has 0 aliphatic heterocycles. The van der Waals surface area contributed by atoms with Crippen LogP contribution in [0.2, 0.25) is 0 Å². The largest absolute Gasteiger partial charge is 0.469 e. The second-order valence-electron chi connectivity index (χ2n) is 5.96. The fourth-order valence-electron chi connectivity index (χ4n) is 2.31. The summed E-state index contributed by atoms with van der Waals surface area (Å²) in [4.78, 5) is 37.1. The Labute approximate surface area is 143 Å². The van der Waals surface area contributed by atoms with E-state index in [2.05, 4.69) is 5.32 Å². The Morgan fingerprint density at radius 1 is 1.21 bits per heavy atom. The van der Waals surface area contributed by atoms with Crippen LogP contribution in [0.25, 0.3) is 0 Å². The topological polar surface area (TPSA) is 75.7 Å². The third-order valence-electron chi connectivity index (χ3n) is 3.89. The Kier molecular flexibility index (Phi) is 7.42. The van der Waals surface area contributed by atoms with Gasteiger partial charge in [0, 0.05) is 32.1 Å². The Balaban J connectivity index is 2.92. The minimum atomic E-state index is -0.442. The number of rotatable bonds is 7. The predicted octanol–water partition coefficient (Wildman–Crippen LogP) is 1.69. The van der Waals surface area contributed by atoms with Gasteiger partial charge in [-0.3, -0.25) is 14.4 Å². The van der Waals surface area contributed by atoms with Gasteiger partial charge in [0.05, 0.1) is 13.0 Å². The van der Waals surface area contributed by atoms with Crippen LogP contribution in [-0.4, -0.2) is 49.4 Å². The van der Waals surface area contributed by atoms with Crippen molar-refractivity contribution in [3.63, 3.8) is 0 Å². The summed E-state index contributed by atoms with van der Waals surface area (Å²) in [5.41, 5.74) is 2.71. The quantitative estimate of drug-likeness (QED) is 0.770. The van der Waals surface area contributed by atoms with Crippen LogP contribution in [0.15, 0.2) is 18.2 Å². The van der Waals surface area contributed by atoms with Crippen molar-refractivity contribution in [1.82, 2.24) is 10.2 Å². The maximum atomic E-state index is 12.8. The van der Waals surface area contributed by atoms with E-state index < -0.39 is 5.92 Å². The first-order valence-corrected chi connectivity index (χ1v) is 7.95. The zero-order valence-corrected chi connectivity index (χ0v) is 15.0. The molecule has 24 heavy (non-hydrogen) atoms. The number of carbonyl (C=O) groups is 3. The van der Waals surface area contributed by atoms with Crippen molar-refractivity contribution in [2.45, 2.75) is 27.7 Å². The molecule has 0 radical (unpaired) electrons. The van der Waals surface area contributed by atoms with Gasteiger partial charge in [0.2, 0.25) is 5.91 Å².